The number of piperazine rings is 1. The second kappa shape index (κ2) is 7.48. The van der Waals surface area contributed by atoms with Crippen LogP contribution in [-0.2, 0) is 20.9 Å². The normalized spacial score (nSPS) is 21.1. The molecular formula is C16H20BrN3O4. The fourth-order valence-electron chi connectivity index (χ4n) is 3.02. The molecule has 8 heteroatoms. The number of carbonyl (C=O) groups is 2. The summed E-state index contributed by atoms with van der Waals surface area (Å²) in [5.74, 6) is -0.0813. The van der Waals surface area contributed by atoms with E-state index in [0.717, 1.165) is 17.3 Å². The molecule has 2 amide bonds. The highest BCUT2D eigenvalue weighted by Crippen LogP contribution is 2.16. The SMILES string of the molecule is O=C(Cn1cc(Br)ccc1=O)N1CCN(C(=O)C2CCCO2)CC1. The van der Waals surface area contributed by atoms with Gasteiger partial charge < -0.3 is 19.1 Å². The van der Waals surface area contributed by atoms with Gasteiger partial charge in [0.2, 0.25) is 5.91 Å². The summed E-state index contributed by atoms with van der Waals surface area (Å²) in [5, 5.41) is 0. The Balaban J connectivity index is 1.54. The van der Waals surface area contributed by atoms with Gasteiger partial charge in [-0.2, -0.15) is 0 Å². The number of hydrogen-bond donors (Lipinski definition) is 0. The lowest BCUT2D eigenvalue weighted by Crippen LogP contribution is -2.53. The number of pyridine rings is 1. The van der Waals surface area contributed by atoms with Crippen molar-refractivity contribution in [1.82, 2.24) is 14.4 Å². The zero-order valence-corrected chi connectivity index (χ0v) is 14.9. The summed E-state index contributed by atoms with van der Waals surface area (Å²) in [7, 11) is 0. The fourth-order valence-corrected chi connectivity index (χ4v) is 3.40. The Labute approximate surface area is 148 Å². The van der Waals surface area contributed by atoms with Crippen molar-refractivity contribution in [3.8, 4) is 0 Å². The molecule has 7 nitrogen and oxygen atoms in total. The Hall–Kier alpha value is -1.67. The molecule has 0 saturated carbocycles. The molecule has 2 aliphatic rings. The monoisotopic (exact) mass is 397 g/mol. The Morgan fingerprint density at radius 1 is 1.17 bits per heavy atom. The van der Waals surface area contributed by atoms with Gasteiger partial charge in [0.15, 0.2) is 0 Å². The molecule has 24 heavy (non-hydrogen) atoms. The maximum atomic E-state index is 12.4. The van der Waals surface area contributed by atoms with Gasteiger partial charge in [-0.3, -0.25) is 14.4 Å². The second-order valence-corrected chi connectivity index (χ2v) is 6.94. The predicted octanol–water partition coefficient (Wildman–Crippen LogP) is 0.461. The average Bonchev–Trinajstić information content (AvgIpc) is 3.12. The smallest absolute Gasteiger partial charge is 0.251 e. The topological polar surface area (TPSA) is 71.9 Å². The first-order chi connectivity index (χ1) is 11.5. The fraction of sp³-hybridized carbons (Fsp3) is 0.562. The first-order valence-corrected chi connectivity index (χ1v) is 8.88. The summed E-state index contributed by atoms with van der Waals surface area (Å²) in [4.78, 5) is 39.9. The number of ether oxygens (including phenoxy) is 1. The summed E-state index contributed by atoms with van der Waals surface area (Å²) in [5.41, 5.74) is -0.209. The van der Waals surface area contributed by atoms with E-state index in [9.17, 15) is 14.4 Å². The highest BCUT2D eigenvalue weighted by molar-refractivity contribution is 9.10. The van der Waals surface area contributed by atoms with Crippen LogP contribution in [-0.4, -0.2) is 65.1 Å². The van der Waals surface area contributed by atoms with E-state index in [1.807, 2.05) is 0 Å². The largest absolute Gasteiger partial charge is 0.368 e. The van der Waals surface area contributed by atoms with Crippen LogP contribution in [0.15, 0.2) is 27.6 Å². The van der Waals surface area contributed by atoms with E-state index in [0.29, 0.717) is 32.8 Å². The van der Waals surface area contributed by atoms with Crippen LogP contribution < -0.4 is 5.56 Å². The van der Waals surface area contributed by atoms with Gasteiger partial charge in [0.05, 0.1) is 0 Å². The summed E-state index contributed by atoms with van der Waals surface area (Å²) in [6.07, 6.45) is 3.00. The van der Waals surface area contributed by atoms with Crippen molar-refractivity contribution in [2.75, 3.05) is 32.8 Å². The quantitative estimate of drug-likeness (QED) is 0.742. The van der Waals surface area contributed by atoms with Gasteiger partial charge >= 0.3 is 0 Å². The first kappa shape index (κ1) is 17.2. The van der Waals surface area contributed by atoms with Crippen LogP contribution in [0.2, 0.25) is 0 Å². The zero-order valence-electron chi connectivity index (χ0n) is 13.3. The summed E-state index contributed by atoms with van der Waals surface area (Å²) in [6, 6.07) is 3.08. The molecule has 0 N–H and O–H groups in total. The van der Waals surface area contributed by atoms with E-state index in [4.69, 9.17) is 4.74 Å². The molecule has 1 atom stereocenters. The van der Waals surface area contributed by atoms with Gasteiger partial charge in [-0.25, -0.2) is 0 Å². The molecule has 2 saturated heterocycles. The molecule has 2 fully saturated rings. The van der Waals surface area contributed by atoms with Gasteiger partial charge in [0.25, 0.3) is 11.5 Å². The first-order valence-electron chi connectivity index (χ1n) is 8.09. The molecule has 130 valence electrons. The van der Waals surface area contributed by atoms with Crippen molar-refractivity contribution in [3.63, 3.8) is 0 Å². The Morgan fingerprint density at radius 2 is 1.88 bits per heavy atom. The van der Waals surface area contributed by atoms with Crippen molar-refractivity contribution < 1.29 is 14.3 Å². The van der Waals surface area contributed by atoms with Crippen molar-refractivity contribution in [3.05, 3.63) is 33.2 Å². The Morgan fingerprint density at radius 3 is 2.54 bits per heavy atom. The molecule has 0 aliphatic carbocycles. The maximum Gasteiger partial charge on any atom is 0.251 e. The minimum absolute atomic E-state index is 0.0119. The average molecular weight is 398 g/mol. The molecule has 0 bridgehead atoms. The number of hydrogen-bond acceptors (Lipinski definition) is 4. The van der Waals surface area contributed by atoms with Crippen LogP contribution in [0.5, 0.6) is 0 Å². The molecule has 1 aromatic rings. The number of nitrogens with zero attached hydrogens (tertiary/aromatic N) is 3. The molecular weight excluding hydrogens is 378 g/mol. The maximum absolute atomic E-state index is 12.4. The van der Waals surface area contributed by atoms with Crippen LogP contribution in [0.4, 0.5) is 0 Å². The summed E-state index contributed by atoms with van der Waals surface area (Å²) < 4.78 is 7.57. The third-order valence-corrected chi connectivity index (χ3v) is 4.87. The van der Waals surface area contributed by atoms with E-state index >= 15 is 0 Å². The van der Waals surface area contributed by atoms with E-state index in [2.05, 4.69) is 15.9 Å². The molecule has 1 aromatic heterocycles. The second-order valence-electron chi connectivity index (χ2n) is 6.02. The highest BCUT2D eigenvalue weighted by Gasteiger charge is 2.31. The number of rotatable bonds is 3. The highest BCUT2D eigenvalue weighted by atomic mass is 79.9. The Kier molecular flexibility index (Phi) is 5.35. The molecule has 0 radical (unpaired) electrons. The van der Waals surface area contributed by atoms with Crippen molar-refractivity contribution in [2.24, 2.45) is 0 Å². The van der Waals surface area contributed by atoms with Gasteiger partial charge in [0, 0.05) is 49.5 Å². The van der Waals surface area contributed by atoms with E-state index in [-0.39, 0.29) is 30.0 Å². The number of amides is 2. The van der Waals surface area contributed by atoms with E-state index in [1.165, 1.54) is 10.6 Å². The van der Waals surface area contributed by atoms with Crippen LogP contribution in [0.25, 0.3) is 0 Å². The van der Waals surface area contributed by atoms with Crippen LogP contribution >= 0.6 is 15.9 Å². The lowest BCUT2D eigenvalue weighted by atomic mass is 10.2. The molecule has 3 heterocycles. The molecule has 1 unspecified atom stereocenters. The third kappa shape index (κ3) is 3.87. The van der Waals surface area contributed by atoms with Crippen LogP contribution in [0.3, 0.4) is 0 Å². The van der Waals surface area contributed by atoms with Gasteiger partial charge in [0.1, 0.15) is 12.6 Å². The van der Waals surface area contributed by atoms with Crippen LogP contribution in [0.1, 0.15) is 12.8 Å². The molecule has 0 aromatic carbocycles. The van der Waals surface area contributed by atoms with Gasteiger partial charge in [-0.05, 0) is 34.8 Å². The lowest BCUT2D eigenvalue weighted by Gasteiger charge is -2.35. The standard InChI is InChI=1S/C16H20BrN3O4/c17-12-3-4-14(21)20(10-12)11-15(22)18-5-7-19(8-6-18)16(23)13-2-1-9-24-13/h3-4,10,13H,1-2,5-9,11H2. The number of halogens is 1. The summed E-state index contributed by atoms with van der Waals surface area (Å²) in [6.45, 7) is 2.66. The van der Waals surface area contributed by atoms with Crippen molar-refractivity contribution in [2.45, 2.75) is 25.5 Å². The molecule has 3 rings (SSSR count). The minimum atomic E-state index is -0.313. The number of carbonyl (C=O) groups excluding carboxylic acids is 2. The minimum Gasteiger partial charge on any atom is -0.368 e. The summed E-state index contributed by atoms with van der Waals surface area (Å²) >= 11 is 3.30. The van der Waals surface area contributed by atoms with Gasteiger partial charge in [-0.15, -0.1) is 0 Å². The van der Waals surface area contributed by atoms with Crippen LogP contribution in [0, 0.1) is 0 Å². The molecule has 0 spiro atoms. The van der Waals surface area contributed by atoms with E-state index in [1.54, 1.807) is 22.1 Å². The zero-order chi connectivity index (χ0) is 17.1. The van der Waals surface area contributed by atoms with Gasteiger partial charge in [-0.1, -0.05) is 0 Å². The predicted molar refractivity (Wildman–Crippen MR) is 90.5 cm³/mol. The van der Waals surface area contributed by atoms with Crippen molar-refractivity contribution >= 4 is 27.7 Å². The Bertz CT molecular complexity index is 676. The third-order valence-electron chi connectivity index (χ3n) is 4.40. The molecule has 2 aliphatic heterocycles. The van der Waals surface area contributed by atoms with E-state index < -0.39 is 0 Å². The number of aromatic nitrogens is 1. The lowest BCUT2D eigenvalue weighted by molar-refractivity contribution is -0.146. The van der Waals surface area contributed by atoms with Crippen molar-refractivity contribution in [1.29, 1.82) is 0 Å².